The minimum Gasteiger partial charge on any atom is -0.497 e. The second kappa shape index (κ2) is 6.78. The van der Waals surface area contributed by atoms with E-state index in [1.807, 2.05) is 18.2 Å². The van der Waals surface area contributed by atoms with Gasteiger partial charge in [0.2, 0.25) is 0 Å². The zero-order chi connectivity index (χ0) is 15.2. The third-order valence-electron chi connectivity index (χ3n) is 2.94. The molecule has 6 heteroatoms. The van der Waals surface area contributed by atoms with Crippen molar-refractivity contribution in [2.45, 2.75) is 19.8 Å². The Morgan fingerprint density at radius 1 is 1.14 bits per heavy atom. The summed E-state index contributed by atoms with van der Waals surface area (Å²) >= 11 is 0. The van der Waals surface area contributed by atoms with Crippen LogP contribution >= 0.6 is 0 Å². The summed E-state index contributed by atoms with van der Waals surface area (Å²) in [6, 6.07) is 7.20. The highest BCUT2D eigenvalue weighted by molar-refractivity contribution is 5.67. The number of methoxy groups -OCH3 is 2. The van der Waals surface area contributed by atoms with Crippen molar-refractivity contribution >= 4 is 17.3 Å². The molecule has 21 heavy (non-hydrogen) atoms. The molecule has 2 rings (SSSR count). The van der Waals surface area contributed by atoms with Crippen molar-refractivity contribution in [1.82, 2.24) is 9.97 Å². The highest BCUT2D eigenvalue weighted by Crippen LogP contribution is 2.31. The van der Waals surface area contributed by atoms with E-state index in [1.165, 1.54) is 0 Å². The number of benzene rings is 1. The van der Waals surface area contributed by atoms with Gasteiger partial charge in [0, 0.05) is 18.6 Å². The van der Waals surface area contributed by atoms with Gasteiger partial charge in [0.25, 0.3) is 0 Å². The van der Waals surface area contributed by atoms with Gasteiger partial charge in [0.1, 0.15) is 29.0 Å². The lowest BCUT2D eigenvalue weighted by molar-refractivity contribution is 0.405. The van der Waals surface area contributed by atoms with Crippen LogP contribution in [0.1, 0.15) is 19.2 Å². The number of hydrogen-bond donors (Lipinski definition) is 2. The quantitative estimate of drug-likeness (QED) is 0.850. The Hall–Kier alpha value is -2.50. The molecule has 0 saturated heterocycles. The molecule has 0 spiro atoms. The van der Waals surface area contributed by atoms with E-state index in [9.17, 15) is 0 Å². The molecule has 6 nitrogen and oxygen atoms in total. The van der Waals surface area contributed by atoms with Crippen molar-refractivity contribution in [2.24, 2.45) is 0 Å². The molecule has 0 unspecified atom stereocenters. The molecule has 0 amide bonds. The number of rotatable bonds is 6. The predicted octanol–water partition coefficient (Wildman–Crippen LogP) is 2.77. The van der Waals surface area contributed by atoms with E-state index < -0.39 is 0 Å². The number of anilines is 3. The highest BCUT2D eigenvalue weighted by Gasteiger charge is 2.08. The number of nitrogen functional groups attached to an aromatic ring is 1. The Kier molecular flexibility index (Phi) is 4.81. The molecule has 0 bridgehead atoms. The minimum absolute atomic E-state index is 0.442. The Morgan fingerprint density at radius 2 is 1.95 bits per heavy atom. The Morgan fingerprint density at radius 3 is 2.62 bits per heavy atom. The monoisotopic (exact) mass is 288 g/mol. The predicted molar refractivity (Wildman–Crippen MR) is 83.3 cm³/mol. The fraction of sp³-hybridized carbons (Fsp3) is 0.333. The average molecular weight is 288 g/mol. The lowest BCUT2D eigenvalue weighted by Gasteiger charge is -2.13. The summed E-state index contributed by atoms with van der Waals surface area (Å²) in [6.07, 6.45) is 1.75. The fourth-order valence-corrected chi connectivity index (χ4v) is 1.97. The number of nitrogens with zero attached hydrogens (tertiary/aromatic N) is 2. The third-order valence-corrected chi connectivity index (χ3v) is 2.94. The smallest absolute Gasteiger partial charge is 0.142 e. The normalized spacial score (nSPS) is 10.2. The van der Waals surface area contributed by atoms with Crippen molar-refractivity contribution in [1.29, 1.82) is 0 Å². The van der Waals surface area contributed by atoms with Gasteiger partial charge in [-0.15, -0.1) is 0 Å². The van der Waals surface area contributed by atoms with Crippen molar-refractivity contribution < 1.29 is 9.47 Å². The molecule has 0 aliphatic rings. The maximum atomic E-state index is 5.82. The molecule has 0 fully saturated rings. The molecule has 0 aliphatic heterocycles. The van der Waals surface area contributed by atoms with Crippen molar-refractivity contribution in [2.75, 3.05) is 25.3 Å². The molecule has 1 heterocycles. The lowest BCUT2D eigenvalue weighted by atomic mass is 10.2. The van der Waals surface area contributed by atoms with Crippen LogP contribution in [-0.4, -0.2) is 24.2 Å². The topological polar surface area (TPSA) is 82.3 Å². The lowest BCUT2D eigenvalue weighted by Crippen LogP contribution is -2.04. The molecule has 1 aromatic carbocycles. The Balaban J connectivity index is 2.32. The zero-order valence-electron chi connectivity index (χ0n) is 12.5. The van der Waals surface area contributed by atoms with Crippen LogP contribution in [0, 0.1) is 0 Å². The van der Waals surface area contributed by atoms with Crippen molar-refractivity contribution in [3.63, 3.8) is 0 Å². The van der Waals surface area contributed by atoms with Gasteiger partial charge in [-0.2, -0.15) is 0 Å². The van der Waals surface area contributed by atoms with E-state index in [2.05, 4.69) is 22.2 Å². The van der Waals surface area contributed by atoms with Gasteiger partial charge in [0.15, 0.2) is 0 Å². The van der Waals surface area contributed by atoms with Gasteiger partial charge in [-0.05, 0) is 18.6 Å². The van der Waals surface area contributed by atoms with E-state index in [0.717, 1.165) is 30.1 Å². The SMILES string of the molecule is CCCc1nc(N)cc(Nc2cc(OC)ccc2OC)n1. The molecular formula is C15H20N4O2. The summed E-state index contributed by atoms with van der Waals surface area (Å²) in [4.78, 5) is 8.66. The van der Waals surface area contributed by atoms with Gasteiger partial charge in [0.05, 0.1) is 19.9 Å². The number of nitrogens with one attached hydrogen (secondary N) is 1. The van der Waals surface area contributed by atoms with Crippen LogP contribution in [0.2, 0.25) is 0 Å². The molecule has 1 aromatic heterocycles. The van der Waals surface area contributed by atoms with Crippen LogP contribution in [0.25, 0.3) is 0 Å². The maximum absolute atomic E-state index is 5.82. The fourth-order valence-electron chi connectivity index (χ4n) is 1.97. The third kappa shape index (κ3) is 3.75. The number of nitrogens with two attached hydrogens (primary N) is 1. The summed E-state index contributed by atoms with van der Waals surface area (Å²) < 4.78 is 10.6. The van der Waals surface area contributed by atoms with Crippen LogP contribution in [0.5, 0.6) is 11.5 Å². The zero-order valence-corrected chi connectivity index (χ0v) is 12.5. The number of aromatic nitrogens is 2. The van der Waals surface area contributed by atoms with Gasteiger partial charge in [-0.25, -0.2) is 9.97 Å². The largest absolute Gasteiger partial charge is 0.497 e. The van der Waals surface area contributed by atoms with Crippen molar-refractivity contribution in [3.8, 4) is 11.5 Å². The first-order valence-corrected chi connectivity index (χ1v) is 6.78. The maximum Gasteiger partial charge on any atom is 0.142 e. The van der Waals surface area contributed by atoms with Crippen LogP contribution in [0.15, 0.2) is 24.3 Å². The molecule has 112 valence electrons. The Bertz CT molecular complexity index is 617. The average Bonchev–Trinajstić information content (AvgIpc) is 2.47. The summed E-state index contributed by atoms with van der Waals surface area (Å²) in [5.41, 5.74) is 6.58. The van der Waals surface area contributed by atoms with Crippen LogP contribution in [0.4, 0.5) is 17.3 Å². The first kappa shape index (κ1) is 14.9. The molecule has 3 N–H and O–H groups in total. The van der Waals surface area contributed by atoms with Gasteiger partial charge < -0.3 is 20.5 Å². The molecule has 0 saturated carbocycles. The van der Waals surface area contributed by atoms with E-state index in [0.29, 0.717) is 17.4 Å². The first-order valence-electron chi connectivity index (χ1n) is 6.78. The highest BCUT2D eigenvalue weighted by atomic mass is 16.5. The van der Waals surface area contributed by atoms with E-state index in [1.54, 1.807) is 20.3 Å². The Labute approximate surface area is 124 Å². The number of ether oxygens (including phenoxy) is 2. The van der Waals surface area contributed by atoms with E-state index >= 15 is 0 Å². The second-order valence-electron chi connectivity index (χ2n) is 4.54. The van der Waals surface area contributed by atoms with Crippen LogP contribution < -0.4 is 20.5 Å². The summed E-state index contributed by atoms with van der Waals surface area (Å²) in [6.45, 7) is 2.07. The number of hydrogen-bond acceptors (Lipinski definition) is 6. The van der Waals surface area contributed by atoms with Crippen LogP contribution in [-0.2, 0) is 6.42 Å². The molecule has 0 aliphatic carbocycles. The van der Waals surface area contributed by atoms with Crippen molar-refractivity contribution in [3.05, 3.63) is 30.1 Å². The van der Waals surface area contributed by atoms with Crippen LogP contribution in [0.3, 0.4) is 0 Å². The van der Waals surface area contributed by atoms with E-state index in [-0.39, 0.29) is 0 Å². The molecule has 0 atom stereocenters. The first-order chi connectivity index (χ1) is 10.2. The second-order valence-corrected chi connectivity index (χ2v) is 4.54. The number of aryl methyl sites for hydroxylation is 1. The molecule has 2 aromatic rings. The minimum atomic E-state index is 0.442. The molecule has 0 radical (unpaired) electrons. The van der Waals surface area contributed by atoms with Gasteiger partial charge in [-0.3, -0.25) is 0 Å². The van der Waals surface area contributed by atoms with E-state index in [4.69, 9.17) is 15.2 Å². The standard InChI is InChI=1S/C15H20N4O2/c1-4-5-14-18-13(16)9-15(19-14)17-11-8-10(20-2)6-7-12(11)21-3/h6-9H,4-5H2,1-3H3,(H3,16,17,18,19). The summed E-state index contributed by atoms with van der Waals surface area (Å²) in [5.74, 6) is 3.23. The molecular weight excluding hydrogens is 268 g/mol. The summed E-state index contributed by atoms with van der Waals surface area (Å²) in [7, 11) is 3.23. The van der Waals surface area contributed by atoms with Gasteiger partial charge >= 0.3 is 0 Å². The van der Waals surface area contributed by atoms with Gasteiger partial charge in [-0.1, -0.05) is 6.92 Å². The summed E-state index contributed by atoms with van der Waals surface area (Å²) in [5, 5.41) is 3.20.